The van der Waals surface area contributed by atoms with Crippen molar-refractivity contribution in [3.63, 3.8) is 0 Å². The molecular formula is C24H22ClN3O2. The summed E-state index contributed by atoms with van der Waals surface area (Å²) in [4.78, 5) is 29.3. The van der Waals surface area contributed by atoms with E-state index in [4.69, 9.17) is 11.6 Å². The molecule has 3 aromatic carbocycles. The maximum atomic E-state index is 13.1. The number of amides is 3. The monoisotopic (exact) mass is 419 g/mol. The van der Waals surface area contributed by atoms with Gasteiger partial charge in [-0.05, 0) is 42.3 Å². The summed E-state index contributed by atoms with van der Waals surface area (Å²) < 4.78 is 0. The number of benzene rings is 3. The predicted octanol–water partition coefficient (Wildman–Crippen LogP) is 5.42. The minimum absolute atomic E-state index is 0.0281. The van der Waals surface area contributed by atoms with E-state index >= 15 is 0 Å². The van der Waals surface area contributed by atoms with E-state index in [0.717, 1.165) is 24.2 Å². The van der Waals surface area contributed by atoms with Gasteiger partial charge in [-0.3, -0.25) is 9.69 Å². The van der Waals surface area contributed by atoms with Crippen molar-refractivity contribution < 1.29 is 9.59 Å². The minimum atomic E-state index is -0.284. The number of halogens is 1. The average molecular weight is 420 g/mol. The van der Waals surface area contributed by atoms with Crippen LogP contribution in [0, 0.1) is 0 Å². The molecule has 3 aromatic rings. The van der Waals surface area contributed by atoms with E-state index in [-0.39, 0.29) is 11.9 Å². The number of nitrogens with one attached hydrogen (secondary N) is 1. The molecule has 0 spiro atoms. The van der Waals surface area contributed by atoms with Gasteiger partial charge in [0.2, 0.25) is 0 Å². The summed E-state index contributed by atoms with van der Waals surface area (Å²) in [6.45, 7) is 1.96. The van der Waals surface area contributed by atoms with Gasteiger partial charge in [-0.15, -0.1) is 0 Å². The van der Waals surface area contributed by atoms with E-state index in [1.807, 2.05) is 53.4 Å². The van der Waals surface area contributed by atoms with Crippen molar-refractivity contribution in [3.05, 3.63) is 95.0 Å². The Kier molecular flexibility index (Phi) is 6.00. The van der Waals surface area contributed by atoms with Crippen molar-refractivity contribution in [2.24, 2.45) is 0 Å². The molecule has 1 N–H and O–H groups in total. The Balaban J connectivity index is 1.49. The Hall–Kier alpha value is -3.31. The molecule has 30 heavy (non-hydrogen) atoms. The normalized spacial score (nSPS) is 14.0. The van der Waals surface area contributed by atoms with Crippen molar-refractivity contribution in [2.75, 3.05) is 23.3 Å². The molecule has 3 amide bonds. The highest BCUT2D eigenvalue weighted by Gasteiger charge is 2.27. The first-order chi connectivity index (χ1) is 14.6. The van der Waals surface area contributed by atoms with Gasteiger partial charge in [-0.25, -0.2) is 4.79 Å². The second kappa shape index (κ2) is 9.01. The molecule has 1 aliphatic rings. The quantitative estimate of drug-likeness (QED) is 0.599. The number of urea groups is 1. The average Bonchev–Trinajstić information content (AvgIpc) is 2.76. The standard InChI is InChI=1S/C24H22ClN3O2/c25-22-13-5-4-12-21(22)23(29)26-19-10-6-11-20(16-19)28-15-7-14-27(24(28)30)17-18-8-2-1-3-9-18/h1-6,8-13,16H,7,14-15,17H2,(H,26,29). The van der Waals surface area contributed by atoms with E-state index < -0.39 is 0 Å². The number of carbonyl (C=O) groups is 2. The predicted molar refractivity (Wildman–Crippen MR) is 120 cm³/mol. The van der Waals surface area contributed by atoms with Gasteiger partial charge in [0.25, 0.3) is 5.91 Å². The van der Waals surface area contributed by atoms with Crippen LogP contribution in [-0.2, 0) is 6.54 Å². The van der Waals surface area contributed by atoms with Gasteiger partial charge in [0.1, 0.15) is 0 Å². The highest BCUT2D eigenvalue weighted by atomic mass is 35.5. The first kappa shape index (κ1) is 20.0. The summed E-state index contributed by atoms with van der Waals surface area (Å²) in [5.74, 6) is -0.284. The van der Waals surface area contributed by atoms with E-state index in [1.54, 1.807) is 35.2 Å². The summed E-state index contributed by atoms with van der Waals surface area (Å²) in [6.07, 6.45) is 0.884. The smallest absolute Gasteiger partial charge is 0.322 e. The molecule has 0 bridgehead atoms. The summed E-state index contributed by atoms with van der Waals surface area (Å²) in [5, 5.41) is 3.27. The molecular weight excluding hydrogens is 398 g/mol. The highest BCUT2D eigenvalue weighted by Crippen LogP contribution is 2.25. The van der Waals surface area contributed by atoms with Crippen molar-refractivity contribution in [3.8, 4) is 0 Å². The Bertz CT molecular complexity index is 1060. The van der Waals surface area contributed by atoms with E-state index in [9.17, 15) is 9.59 Å². The zero-order valence-corrected chi connectivity index (χ0v) is 17.2. The third kappa shape index (κ3) is 4.47. The van der Waals surface area contributed by atoms with Gasteiger partial charge in [-0.2, -0.15) is 0 Å². The maximum Gasteiger partial charge on any atom is 0.324 e. The SMILES string of the molecule is O=C(Nc1cccc(N2CCCN(Cc3ccccc3)C2=O)c1)c1ccccc1Cl. The van der Waals surface area contributed by atoms with Crippen LogP contribution in [0.1, 0.15) is 22.3 Å². The number of anilines is 2. The van der Waals surface area contributed by atoms with Crippen LogP contribution >= 0.6 is 11.6 Å². The number of hydrogen-bond donors (Lipinski definition) is 1. The van der Waals surface area contributed by atoms with Crippen molar-refractivity contribution >= 4 is 34.9 Å². The molecule has 1 saturated heterocycles. The molecule has 1 aliphatic heterocycles. The van der Waals surface area contributed by atoms with Crippen molar-refractivity contribution in [1.82, 2.24) is 4.90 Å². The second-order valence-corrected chi connectivity index (χ2v) is 7.59. The van der Waals surface area contributed by atoms with Crippen molar-refractivity contribution in [2.45, 2.75) is 13.0 Å². The topological polar surface area (TPSA) is 52.7 Å². The molecule has 4 rings (SSSR count). The second-order valence-electron chi connectivity index (χ2n) is 7.18. The summed E-state index contributed by atoms with van der Waals surface area (Å²) in [7, 11) is 0. The van der Waals surface area contributed by atoms with Crippen LogP contribution in [0.3, 0.4) is 0 Å². The first-order valence-corrected chi connectivity index (χ1v) is 10.3. The molecule has 0 aliphatic carbocycles. The van der Waals surface area contributed by atoms with Crippen LogP contribution in [0.2, 0.25) is 5.02 Å². The zero-order valence-electron chi connectivity index (χ0n) is 16.4. The Morgan fingerprint density at radius 2 is 1.70 bits per heavy atom. The number of hydrogen-bond acceptors (Lipinski definition) is 2. The van der Waals surface area contributed by atoms with Crippen LogP contribution in [-0.4, -0.2) is 29.9 Å². The van der Waals surface area contributed by atoms with Crippen LogP contribution in [0.5, 0.6) is 0 Å². The molecule has 0 saturated carbocycles. The molecule has 0 radical (unpaired) electrons. The fraction of sp³-hybridized carbons (Fsp3) is 0.167. The zero-order chi connectivity index (χ0) is 20.9. The van der Waals surface area contributed by atoms with Crippen molar-refractivity contribution in [1.29, 1.82) is 0 Å². The molecule has 0 atom stereocenters. The lowest BCUT2D eigenvalue weighted by atomic mass is 10.1. The van der Waals surface area contributed by atoms with Gasteiger partial charge in [0, 0.05) is 31.0 Å². The lowest BCUT2D eigenvalue weighted by molar-refractivity contribution is 0.102. The fourth-order valence-electron chi connectivity index (χ4n) is 3.57. The van der Waals surface area contributed by atoms with Crippen LogP contribution in [0.4, 0.5) is 16.2 Å². The highest BCUT2D eigenvalue weighted by molar-refractivity contribution is 6.34. The van der Waals surface area contributed by atoms with E-state index in [1.165, 1.54) is 0 Å². The third-order valence-corrected chi connectivity index (χ3v) is 5.39. The van der Waals surface area contributed by atoms with E-state index in [0.29, 0.717) is 29.4 Å². The van der Waals surface area contributed by atoms with Crippen LogP contribution in [0.15, 0.2) is 78.9 Å². The Morgan fingerprint density at radius 1 is 0.933 bits per heavy atom. The van der Waals surface area contributed by atoms with Gasteiger partial charge in [0.15, 0.2) is 0 Å². The van der Waals surface area contributed by atoms with Gasteiger partial charge in [-0.1, -0.05) is 60.1 Å². The summed E-state index contributed by atoms with van der Waals surface area (Å²) in [5.41, 5.74) is 2.89. The number of rotatable bonds is 5. The maximum absolute atomic E-state index is 13.1. The minimum Gasteiger partial charge on any atom is -0.322 e. The van der Waals surface area contributed by atoms with Crippen LogP contribution in [0.25, 0.3) is 0 Å². The fourth-order valence-corrected chi connectivity index (χ4v) is 3.79. The molecule has 152 valence electrons. The molecule has 0 aromatic heterocycles. The molecule has 1 heterocycles. The first-order valence-electron chi connectivity index (χ1n) is 9.88. The molecule has 1 fully saturated rings. The Morgan fingerprint density at radius 3 is 2.50 bits per heavy atom. The van der Waals surface area contributed by atoms with Crippen LogP contribution < -0.4 is 10.2 Å². The summed E-state index contributed by atoms with van der Waals surface area (Å²) >= 11 is 6.12. The number of carbonyl (C=O) groups excluding carboxylic acids is 2. The summed E-state index contributed by atoms with van der Waals surface area (Å²) in [6, 6.07) is 24.2. The number of nitrogens with zero attached hydrogens (tertiary/aromatic N) is 2. The lowest BCUT2D eigenvalue weighted by Gasteiger charge is -2.36. The molecule has 5 nitrogen and oxygen atoms in total. The third-order valence-electron chi connectivity index (χ3n) is 5.06. The van der Waals surface area contributed by atoms with E-state index in [2.05, 4.69) is 5.32 Å². The Labute approximate surface area is 180 Å². The van der Waals surface area contributed by atoms with Gasteiger partial charge in [0.05, 0.1) is 10.6 Å². The molecule has 6 heteroatoms. The largest absolute Gasteiger partial charge is 0.324 e. The van der Waals surface area contributed by atoms with Gasteiger partial charge < -0.3 is 10.2 Å². The molecule has 0 unspecified atom stereocenters. The lowest BCUT2D eigenvalue weighted by Crippen LogP contribution is -2.49. The van der Waals surface area contributed by atoms with Gasteiger partial charge >= 0.3 is 6.03 Å².